The number of fused-ring (bicyclic) bond motifs is 1. The molecule has 3 aromatic rings. The first kappa shape index (κ1) is 23.8. The van der Waals surface area contributed by atoms with Crippen molar-refractivity contribution in [2.24, 2.45) is 5.92 Å². The molecular weight excluding hydrogens is 478 g/mol. The van der Waals surface area contributed by atoms with Gasteiger partial charge in [0, 0.05) is 48.6 Å². The Labute approximate surface area is 205 Å². The van der Waals surface area contributed by atoms with Crippen molar-refractivity contribution in [2.45, 2.75) is 45.2 Å². The molecule has 0 atom stereocenters. The van der Waals surface area contributed by atoms with Crippen LogP contribution in [0.1, 0.15) is 38.2 Å². The number of rotatable bonds is 9. The van der Waals surface area contributed by atoms with Crippen LogP contribution in [0.3, 0.4) is 0 Å². The predicted molar refractivity (Wildman–Crippen MR) is 140 cm³/mol. The second-order valence-electron chi connectivity index (χ2n) is 8.95. The van der Waals surface area contributed by atoms with E-state index in [1.54, 1.807) is 0 Å². The van der Waals surface area contributed by atoms with Gasteiger partial charge in [0.2, 0.25) is 5.95 Å². The second kappa shape index (κ2) is 11.2. The Kier molecular flexibility index (Phi) is 8.04. The molecule has 4 rings (SSSR count). The highest BCUT2D eigenvalue weighted by atomic mass is 79.9. The van der Waals surface area contributed by atoms with Crippen LogP contribution in [-0.2, 0) is 6.54 Å². The minimum atomic E-state index is 0.548. The fraction of sp³-hybridized carbons (Fsp3) is 0.462. The molecule has 2 N–H and O–H groups in total. The number of halogens is 1. The quantitative estimate of drug-likeness (QED) is 0.388. The van der Waals surface area contributed by atoms with Gasteiger partial charge in [-0.05, 0) is 68.9 Å². The summed E-state index contributed by atoms with van der Waals surface area (Å²) in [6, 6.07) is 15.0. The van der Waals surface area contributed by atoms with Crippen LogP contribution in [0.4, 0.5) is 11.8 Å². The Bertz CT molecular complexity index is 1070. The lowest BCUT2D eigenvalue weighted by Crippen LogP contribution is -2.34. The molecule has 33 heavy (non-hydrogen) atoms. The van der Waals surface area contributed by atoms with Gasteiger partial charge in [0.1, 0.15) is 11.6 Å². The van der Waals surface area contributed by atoms with E-state index in [1.165, 1.54) is 31.2 Å². The smallest absolute Gasteiger partial charge is 0.225 e. The van der Waals surface area contributed by atoms with E-state index >= 15 is 0 Å². The fourth-order valence-electron chi connectivity index (χ4n) is 4.52. The van der Waals surface area contributed by atoms with Gasteiger partial charge in [0.15, 0.2) is 0 Å². The van der Waals surface area contributed by atoms with Crippen LogP contribution in [-0.4, -0.2) is 43.3 Å². The Balaban J connectivity index is 1.29. The van der Waals surface area contributed by atoms with E-state index in [0.717, 1.165) is 46.0 Å². The molecule has 2 aromatic carbocycles. The molecule has 0 spiro atoms. The van der Waals surface area contributed by atoms with E-state index < -0.39 is 0 Å². The maximum atomic E-state index is 5.79. The summed E-state index contributed by atoms with van der Waals surface area (Å²) in [5, 5.41) is 8.34. The first-order valence-electron chi connectivity index (χ1n) is 11.9. The average molecular weight is 512 g/mol. The van der Waals surface area contributed by atoms with Crippen molar-refractivity contribution in [3.8, 4) is 5.75 Å². The molecule has 1 aromatic heterocycles. The van der Waals surface area contributed by atoms with E-state index in [2.05, 4.69) is 38.7 Å². The van der Waals surface area contributed by atoms with Crippen molar-refractivity contribution in [2.75, 3.05) is 37.5 Å². The summed E-state index contributed by atoms with van der Waals surface area (Å²) in [5.41, 5.74) is 2.19. The second-order valence-corrected chi connectivity index (χ2v) is 9.86. The normalized spacial score (nSPS) is 18.3. The first-order valence-corrected chi connectivity index (χ1v) is 12.7. The number of anilines is 2. The first-order chi connectivity index (χ1) is 16.0. The molecule has 6 nitrogen and oxygen atoms in total. The van der Waals surface area contributed by atoms with Crippen molar-refractivity contribution in [3.05, 3.63) is 52.5 Å². The average Bonchev–Trinajstić information content (AvgIpc) is 2.83. The largest absolute Gasteiger partial charge is 0.494 e. The van der Waals surface area contributed by atoms with Crippen LogP contribution in [0, 0.1) is 5.92 Å². The molecule has 0 saturated heterocycles. The van der Waals surface area contributed by atoms with Crippen molar-refractivity contribution >= 4 is 38.6 Å². The van der Waals surface area contributed by atoms with Crippen LogP contribution >= 0.6 is 15.9 Å². The zero-order valence-electron chi connectivity index (χ0n) is 19.8. The minimum Gasteiger partial charge on any atom is -0.494 e. The molecule has 0 unspecified atom stereocenters. The number of benzene rings is 2. The topological polar surface area (TPSA) is 62.3 Å². The number of nitrogens with one attached hydrogen (secondary N) is 2. The van der Waals surface area contributed by atoms with Crippen LogP contribution in [0.25, 0.3) is 10.9 Å². The third-order valence-electron chi connectivity index (χ3n) is 6.31. The van der Waals surface area contributed by atoms with Gasteiger partial charge >= 0.3 is 0 Å². The molecule has 0 aliphatic heterocycles. The Morgan fingerprint density at radius 3 is 2.61 bits per heavy atom. The third kappa shape index (κ3) is 6.15. The van der Waals surface area contributed by atoms with E-state index in [9.17, 15) is 0 Å². The van der Waals surface area contributed by atoms with Crippen molar-refractivity contribution in [1.82, 2.24) is 15.3 Å². The molecule has 1 saturated carbocycles. The summed E-state index contributed by atoms with van der Waals surface area (Å²) in [6.45, 7) is 4.46. The highest BCUT2D eigenvalue weighted by molar-refractivity contribution is 9.10. The van der Waals surface area contributed by atoms with Crippen molar-refractivity contribution in [1.29, 1.82) is 0 Å². The molecule has 176 valence electrons. The van der Waals surface area contributed by atoms with Gasteiger partial charge in [0.25, 0.3) is 0 Å². The highest BCUT2D eigenvalue weighted by Gasteiger charge is 2.21. The van der Waals surface area contributed by atoms with E-state index in [-0.39, 0.29) is 0 Å². The maximum Gasteiger partial charge on any atom is 0.225 e. The van der Waals surface area contributed by atoms with Crippen LogP contribution in [0.2, 0.25) is 0 Å². The van der Waals surface area contributed by atoms with Gasteiger partial charge < -0.3 is 20.3 Å². The summed E-state index contributed by atoms with van der Waals surface area (Å²) < 4.78 is 6.88. The maximum absolute atomic E-state index is 5.79. The molecule has 0 radical (unpaired) electrons. The van der Waals surface area contributed by atoms with Crippen molar-refractivity contribution in [3.63, 3.8) is 0 Å². The summed E-state index contributed by atoms with van der Waals surface area (Å²) in [4.78, 5) is 11.6. The number of aromatic nitrogens is 2. The Morgan fingerprint density at radius 2 is 1.85 bits per heavy atom. The number of nitrogens with zero attached hydrogens (tertiary/aromatic N) is 3. The van der Waals surface area contributed by atoms with E-state index in [0.29, 0.717) is 18.6 Å². The third-order valence-corrected chi connectivity index (χ3v) is 6.80. The summed E-state index contributed by atoms with van der Waals surface area (Å²) in [5.74, 6) is 3.29. The lowest BCUT2D eigenvalue weighted by atomic mass is 9.86. The van der Waals surface area contributed by atoms with Crippen LogP contribution < -0.4 is 20.3 Å². The number of hydrogen-bond acceptors (Lipinski definition) is 6. The molecular formula is C26H34BrN5O. The fourth-order valence-corrected chi connectivity index (χ4v) is 4.93. The van der Waals surface area contributed by atoms with Gasteiger partial charge in [-0.25, -0.2) is 4.98 Å². The Hall–Kier alpha value is -2.38. The monoisotopic (exact) mass is 511 g/mol. The van der Waals surface area contributed by atoms with Crippen LogP contribution in [0.15, 0.2) is 46.9 Å². The highest BCUT2D eigenvalue weighted by Crippen LogP contribution is 2.28. The molecule has 1 fully saturated rings. The number of para-hydroxylation sites is 1. The molecule has 1 heterocycles. The standard InChI is InChI=1S/C26H34BrN5O/c1-4-33-24-14-11-20(27)15-19(24)17-28-21-12-9-18(10-13-21)16-29-26-30-23-8-6-5-7-22(23)25(31-26)32(2)3/h5-8,11,14-15,18,21,28H,4,9-10,12-13,16-17H2,1-3H3,(H,29,30,31)/t18-,21+. The van der Waals surface area contributed by atoms with Gasteiger partial charge in [0.05, 0.1) is 12.1 Å². The molecule has 0 bridgehead atoms. The van der Waals surface area contributed by atoms with E-state index in [1.807, 2.05) is 56.3 Å². The van der Waals surface area contributed by atoms with Crippen molar-refractivity contribution < 1.29 is 4.74 Å². The van der Waals surface area contributed by atoms with Crippen LogP contribution in [0.5, 0.6) is 5.75 Å². The van der Waals surface area contributed by atoms with E-state index in [4.69, 9.17) is 14.7 Å². The lowest BCUT2D eigenvalue weighted by Gasteiger charge is -2.29. The van der Waals surface area contributed by atoms with Gasteiger partial charge in [-0.15, -0.1) is 0 Å². The molecule has 1 aliphatic rings. The van der Waals surface area contributed by atoms with Gasteiger partial charge in [-0.1, -0.05) is 28.1 Å². The number of hydrogen-bond donors (Lipinski definition) is 2. The van der Waals surface area contributed by atoms with Gasteiger partial charge in [-0.2, -0.15) is 4.98 Å². The molecule has 0 amide bonds. The Morgan fingerprint density at radius 1 is 1.06 bits per heavy atom. The minimum absolute atomic E-state index is 0.548. The van der Waals surface area contributed by atoms with Gasteiger partial charge in [-0.3, -0.25) is 0 Å². The zero-order chi connectivity index (χ0) is 23.2. The predicted octanol–water partition coefficient (Wildman–Crippen LogP) is 5.62. The summed E-state index contributed by atoms with van der Waals surface area (Å²) in [6.07, 6.45) is 4.78. The molecule has 1 aliphatic carbocycles. The molecule has 7 heteroatoms. The SMILES string of the molecule is CCOc1ccc(Br)cc1CN[C@H]1CC[C@@H](CNc2nc(N(C)C)c3ccccc3n2)CC1. The lowest BCUT2D eigenvalue weighted by molar-refractivity contribution is 0.296. The summed E-state index contributed by atoms with van der Waals surface area (Å²) >= 11 is 3.58. The zero-order valence-corrected chi connectivity index (χ0v) is 21.4. The number of ether oxygens (including phenoxy) is 1. The summed E-state index contributed by atoms with van der Waals surface area (Å²) in [7, 11) is 4.05.